The van der Waals surface area contributed by atoms with Crippen LogP contribution in [-0.2, 0) is 9.84 Å². The SMILES string of the molecule is O=C(c1cccc(F)c1)N(c1ccc(F)cc1)C1C=CS(=O)(=O)C1. The van der Waals surface area contributed by atoms with E-state index in [0.29, 0.717) is 5.69 Å². The van der Waals surface area contributed by atoms with Crippen molar-refractivity contribution in [2.24, 2.45) is 0 Å². The number of carbonyl (C=O) groups is 1. The molecule has 4 nitrogen and oxygen atoms in total. The molecule has 24 heavy (non-hydrogen) atoms. The minimum absolute atomic E-state index is 0.0806. The van der Waals surface area contributed by atoms with E-state index in [0.717, 1.165) is 11.5 Å². The molecule has 1 aliphatic heterocycles. The van der Waals surface area contributed by atoms with Gasteiger partial charge in [0.2, 0.25) is 0 Å². The molecule has 1 aliphatic rings. The van der Waals surface area contributed by atoms with Crippen molar-refractivity contribution in [1.82, 2.24) is 0 Å². The molecule has 1 atom stereocenters. The average Bonchev–Trinajstić information content (AvgIpc) is 2.89. The van der Waals surface area contributed by atoms with Crippen molar-refractivity contribution in [2.45, 2.75) is 6.04 Å². The van der Waals surface area contributed by atoms with E-state index in [9.17, 15) is 22.0 Å². The summed E-state index contributed by atoms with van der Waals surface area (Å²) in [7, 11) is -3.40. The Bertz CT molecular complexity index is 908. The van der Waals surface area contributed by atoms with Crippen LogP contribution in [0, 0.1) is 11.6 Å². The van der Waals surface area contributed by atoms with Gasteiger partial charge in [-0.05, 0) is 48.5 Å². The second-order valence-electron chi connectivity index (χ2n) is 5.39. The lowest BCUT2D eigenvalue weighted by atomic mass is 10.1. The third kappa shape index (κ3) is 3.35. The zero-order valence-corrected chi connectivity index (χ0v) is 13.2. The highest BCUT2D eigenvalue weighted by molar-refractivity contribution is 7.94. The molecule has 124 valence electrons. The van der Waals surface area contributed by atoms with Gasteiger partial charge < -0.3 is 4.90 Å². The van der Waals surface area contributed by atoms with Gasteiger partial charge in [0.25, 0.3) is 5.91 Å². The zero-order valence-electron chi connectivity index (χ0n) is 12.4. The quantitative estimate of drug-likeness (QED) is 0.856. The highest BCUT2D eigenvalue weighted by Crippen LogP contribution is 2.25. The lowest BCUT2D eigenvalue weighted by Gasteiger charge is -2.27. The summed E-state index contributed by atoms with van der Waals surface area (Å²) < 4.78 is 50.0. The highest BCUT2D eigenvalue weighted by atomic mass is 32.2. The number of amides is 1. The molecule has 7 heteroatoms. The van der Waals surface area contributed by atoms with E-state index in [1.54, 1.807) is 0 Å². The molecular formula is C17H13F2NO3S. The predicted molar refractivity (Wildman–Crippen MR) is 86.3 cm³/mol. The summed E-state index contributed by atoms with van der Waals surface area (Å²) >= 11 is 0. The average molecular weight is 349 g/mol. The summed E-state index contributed by atoms with van der Waals surface area (Å²) in [6.07, 6.45) is 1.40. The van der Waals surface area contributed by atoms with E-state index < -0.39 is 33.4 Å². The third-order valence-electron chi connectivity index (χ3n) is 3.64. The number of benzene rings is 2. The largest absolute Gasteiger partial charge is 0.300 e. The maximum absolute atomic E-state index is 13.4. The molecule has 0 N–H and O–H groups in total. The van der Waals surface area contributed by atoms with Gasteiger partial charge in [0.1, 0.15) is 11.6 Å². The van der Waals surface area contributed by atoms with Crippen molar-refractivity contribution in [3.8, 4) is 0 Å². The Kier molecular flexibility index (Phi) is 4.19. The van der Waals surface area contributed by atoms with Gasteiger partial charge >= 0.3 is 0 Å². The predicted octanol–water partition coefficient (Wildman–Crippen LogP) is 2.92. The van der Waals surface area contributed by atoms with Crippen molar-refractivity contribution in [1.29, 1.82) is 0 Å². The van der Waals surface area contributed by atoms with Crippen LogP contribution in [0.3, 0.4) is 0 Å². The van der Waals surface area contributed by atoms with E-state index in [4.69, 9.17) is 0 Å². The Morgan fingerprint density at radius 1 is 1.04 bits per heavy atom. The minimum atomic E-state index is -3.40. The van der Waals surface area contributed by atoms with Gasteiger partial charge in [0, 0.05) is 16.7 Å². The Morgan fingerprint density at radius 2 is 1.75 bits per heavy atom. The first kappa shape index (κ1) is 16.3. The Balaban J connectivity index is 2.03. The van der Waals surface area contributed by atoms with E-state index in [-0.39, 0.29) is 11.3 Å². The number of sulfone groups is 1. The summed E-state index contributed by atoms with van der Waals surface area (Å²) in [5.41, 5.74) is 0.412. The first-order valence-corrected chi connectivity index (χ1v) is 8.83. The topological polar surface area (TPSA) is 54.5 Å². The molecule has 0 saturated heterocycles. The standard InChI is InChI=1S/C17H13F2NO3S/c18-13-4-6-15(7-5-13)20(16-8-9-24(22,23)11-16)17(21)12-2-1-3-14(19)10-12/h1-10,16H,11H2. The molecular weight excluding hydrogens is 336 g/mol. The molecule has 0 aliphatic carbocycles. The van der Waals surface area contributed by atoms with Crippen molar-refractivity contribution in [3.05, 3.63) is 77.2 Å². The Labute approximate surface area is 137 Å². The van der Waals surface area contributed by atoms with Crippen LogP contribution in [0.15, 0.2) is 60.0 Å². The number of halogens is 2. The zero-order chi connectivity index (χ0) is 17.3. The second kappa shape index (κ2) is 6.16. The van der Waals surface area contributed by atoms with Crippen LogP contribution in [0.1, 0.15) is 10.4 Å². The maximum Gasteiger partial charge on any atom is 0.258 e. The molecule has 0 radical (unpaired) electrons. The van der Waals surface area contributed by atoms with Gasteiger partial charge in [-0.1, -0.05) is 6.07 Å². The molecule has 0 saturated carbocycles. The number of hydrogen-bond donors (Lipinski definition) is 0. The summed E-state index contributed by atoms with van der Waals surface area (Å²) in [6.45, 7) is 0. The van der Waals surface area contributed by atoms with Crippen LogP contribution in [-0.4, -0.2) is 26.1 Å². The van der Waals surface area contributed by atoms with Gasteiger partial charge in [-0.15, -0.1) is 0 Å². The monoisotopic (exact) mass is 349 g/mol. The smallest absolute Gasteiger partial charge is 0.258 e. The van der Waals surface area contributed by atoms with Crippen molar-refractivity contribution >= 4 is 21.4 Å². The van der Waals surface area contributed by atoms with Gasteiger partial charge in [-0.2, -0.15) is 0 Å². The molecule has 1 unspecified atom stereocenters. The van der Waals surface area contributed by atoms with Crippen LogP contribution >= 0.6 is 0 Å². The highest BCUT2D eigenvalue weighted by Gasteiger charge is 2.32. The van der Waals surface area contributed by atoms with Gasteiger partial charge in [-0.25, -0.2) is 17.2 Å². The first-order chi connectivity index (χ1) is 11.4. The van der Waals surface area contributed by atoms with Crippen LogP contribution in [0.2, 0.25) is 0 Å². The van der Waals surface area contributed by atoms with Crippen molar-refractivity contribution in [2.75, 3.05) is 10.7 Å². The van der Waals surface area contributed by atoms with E-state index in [1.807, 2.05) is 0 Å². The molecule has 2 aromatic carbocycles. The van der Waals surface area contributed by atoms with Crippen molar-refractivity contribution in [3.63, 3.8) is 0 Å². The molecule has 1 heterocycles. The lowest BCUT2D eigenvalue weighted by Crippen LogP contribution is -2.41. The van der Waals surface area contributed by atoms with Gasteiger partial charge in [0.15, 0.2) is 9.84 Å². The van der Waals surface area contributed by atoms with Crippen LogP contribution in [0.25, 0.3) is 0 Å². The van der Waals surface area contributed by atoms with Crippen LogP contribution in [0.5, 0.6) is 0 Å². The summed E-state index contributed by atoms with van der Waals surface area (Å²) in [6, 6.07) is 9.49. The number of hydrogen-bond acceptors (Lipinski definition) is 3. The molecule has 0 spiro atoms. The molecule has 0 aromatic heterocycles. The molecule has 0 fully saturated rings. The molecule has 0 bridgehead atoms. The fourth-order valence-corrected chi connectivity index (χ4v) is 3.81. The third-order valence-corrected chi connectivity index (χ3v) is 5.02. The number of carbonyl (C=O) groups excluding carboxylic acids is 1. The number of nitrogens with zero attached hydrogens (tertiary/aromatic N) is 1. The number of anilines is 1. The fourth-order valence-electron chi connectivity index (χ4n) is 2.54. The summed E-state index contributed by atoms with van der Waals surface area (Å²) in [5.74, 6) is -1.89. The van der Waals surface area contributed by atoms with E-state index in [2.05, 4.69) is 0 Å². The second-order valence-corrected chi connectivity index (χ2v) is 7.32. The Morgan fingerprint density at radius 3 is 2.33 bits per heavy atom. The van der Waals surface area contributed by atoms with Crippen LogP contribution < -0.4 is 4.90 Å². The molecule has 1 amide bonds. The van der Waals surface area contributed by atoms with Gasteiger partial charge in [-0.3, -0.25) is 4.79 Å². The molecule has 2 aromatic rings. The lowest BCUT2D eigenvalue weighted by molar-refractivity contribution is 0.0982. The number of rotatable bonds is 3. The normalized spacial score (nSPS) is 18.5. The fraction of sp³-hybridized carbons (Fsp3) is 0.118. The van der Waals surface area contributed by atoms with E-state index in [1.165, 1.54) is 53.4 Å². The van der Waals surface area contributed by atoms with Crippen molar-refractivity contribution < 1.29 is 22.0 Å². The summed E-state index contributed by atoms with van der Waals surface area (Å²) in [5, 5.41) is 1.05. The molecule has 3 rings (SSSR count). The maximum atomic E-state index is 13.4. The minimum Gasteiger partial charge on any atom is -0.300 e. The van der Waals surface area contributed by atoms with E-state index >= 15 is 0 Å². The Hall–Kier alpha value is -2.54. The summed E-state index contributed by atoms with van der Waals surface area (Å²) in [4.78, 5) is 14.0. The first-order valence-electron chi connectivity index (χ1n) is 7.11. The van der Waals surface area contributed by atoms with Crippen LogP contribution in [0.4, 0.5) is 14.5 Å². The van der Waals surface area contributed by atoms with Gasteiger partial charge in [0.05, 0.1) is 11.8 Å².